The van der Waals surface area contributed by atoms with Crippen LogP contribution in [-0.4, -0.2) is 4.57 Å². The minimum absolute atomic E-state index is 1.02. The minimum atomic E-state index is 1.02. The van der Waals surface area contributed by atoms with Gasteiger partial charge in [-0.15, -0.1) is 0 Å². The number of nitrogens with zero attached hydrogens (tertiary/aromatic N) is 1. The van der Waals surface area contributed by atoms with Crippen molar-refractivity contribution in [3.63, 3.8) is 0 Å². The molecule has 0 unspecified atom stereocenters. The van der Waals surface area contributed by atoms with Crippen molar-refractivity contribution in [2.24, 2.45) is 0 Å². The van der Waals surface area contributed by atoms with Gasteiger partial charge in [0, 0.05) is 16.8 Å². The van der Waals surface area contributed by atoms with Gasteiger partial charge < -0.3 is 4.57 Å². The zero-order valence-electron chi connectivity index (χ0n) is 15.1. The zero-order chi connectivity index (χ0) is 17.2. The van der Waals surface area contributed by atoms with Gasteiger partial charge in [0.15, 0.2) is 0 Å². The van der Waals surface area contributed by atoms with Crippen LogP contribution in [0.2, 0.25) is 0 Å². The highest BCUT2D eigenvalue weighted by Crippen LogP contribution is 2.30. The normalized spacial score (nSPS) is 9.43. The first kappa shape index (κ1) is 18.8. The van der Waals surface area contributed by atoms with Crippen molar-refractivity contribution in [2.75, 3.05) is 0 Å². The molecule has 0 saturated heterocycles. The van der Waals surface area contributed by atoms with Crippen LogP contribution in [0.3, 0.4) is 0 Å². The Morgan fingerprint density at radius 2 is 1.43 bits per heavy atom. The standard InChI is InChI=1S/C18H17N.2C2H6/c1-3-15-16-12-8-9-13-18(16)19(17(15)4-2)14-10-6-5-7-11-14;2*1-2/h4-13H,2-3H2,1H3;2*1-2H3. The van der Waals surface area contributed by atoms with Crippen molar-refractivity contribution >= 4 is 17.0 Å². The molecule has 23 heavy (non-hydrogen) atoms. The molecule has 0 saturated carbocycles. The monoisotopic (exact) mass is 307 g/mol. The average molecular weight is 307 g/mol. The number of hydrogen-bond donors (Lipinski definition) is 0. The second kappa shape index (κ2) is 9.68. The van der Waals surface area contributed by atoms with Crippen LogP contribution >= 0.6 is 0 Å². The van der Waals surface area contributed by atoms with Crippen LogP contribution < -0.4 is 0 Å². The van der Waals surface area contributed by atoms with E-state index >= 15 is 0 Å². The molecule has 3 rings (SSSR count). The third-order valence-corrected chi connectivity index (χ3v) is 3.58. The average Bonchev–Trinajstić information content (AvgIpc) is 2.99. The van der Waals surface area contributed by atoms with E-state index in [1.54, 1.807) is 0 Å². The summed E-state index contributed by atoms with van der Waals surface area (Å²) in [5.74, 6) is 0. The van der Waals surface area contributed by atoms with Crippen LogP contribution in [-0.2, 0) is 6.42 Å². The molecular weight excluding hydrogens is 278 g/mol. The van der Waals surface area contributed by atoms with E-state index in [0.717, 1.165) is 6.42 Å². The van der Waals surface area contributed by atoms with Crippen molar-refractivity contribution in [1.29, 1.82) is 0 Å². The summed E-state index contributed by atoms with van der Waals surface area (Å²) < 4.78 is 2.29. The molecular formula is C22H29N. The highest BCUT2D eigenvalue weighted by Gasteiger charge is 2.14. The fourth-order valence-corrected chi connectivity index (χ4v) is 2.77. The molecule has 1 aromatic heterocycles. The molecule has 0 amide bonds. The van der Waals surface area contributed by atoms with Gasteiger partial charge in [-0.25, -0.2) is 0 Å². The Bertz CT molecular complexity index is 720. The number of aryl methyl sites for hydroxylation is 1. The molecule has 0 aliphatic carbocycles. The topological polar surface area (TPSA) is 4.93 Å². The van der Waals surface area contributed by atoms with E-state index in [-0.39, 0.29) is 0 Å². The van der Waals surface area contributed by atoms with Crippen LogP contribution in [0, 0.1) is 0 Å². The van der Waals surface area contributed by atoms with Gasteiger partial charge in [0.05, 0.1) is 5.52 Å². The summed E-state index contributed by atoms with van der Waals surface area (Å²) in [5, 5.41) is 1.32. The van der Waals surface area contributed by atoms with Gasteiger partial charge >= 0.3 is 0 Å². The van der Waals surface area contributed by atoms with Gasteiger partial charge in [0.1, 0.15) is 0 Å². The fraction of sp³-hybridized carbons (Fsp3) is 0.273. The van der Waals surface area contributed by atoms with Gasteiger partial charge in [0.2, 0.25) is 0 Å². The van der Waals surface area contributed by atoms with Crippen molar-refractivity contribution in [3.8, 4) is 5.69 Å². The van der Waals surface area contributed by atoms with E-state index < -0.39 is 0 Å². The van der Waals surface area contributed by atoms with E-state index in [4.69, 9.17) is 0 Å². The molecule has 1 heteroatoms. The maximum absolute atomic E-state index is 4.00. The Balaban J connectivity index is 0.000000615. The van der Waals surface area contributed by atoms with Crippen molar-refractivity contribution < 1.29 is 0 Å². The second-order valence-corrected chi connectivity index (χ2v) is 4.61. The maximum Gasteiger partial charge on any atom is 0.0537 e. The number of para-hydroxylation sites is 2. The molecule has 0 radical (unpaired) electrons. The lowest BCUT2D eigenvalue weighted by atomic mass is 10.1. The van der Waals surface area contributed by atoms with Crippen molar-refractivity contribution in [2.45, 2.75) is 41.0 Å². The first-order chi connectivity index (χ1) is 11.4. The van der Waals surface area contributed by atoms with Crippen LogP contribution in [0.5, 0.6) is 0 Å². The molecule has 0 bridgehead atoms. The molecule has 0 N–H and O–H groups in total. The van der Waals surface area contributed by atoms with E-state index in [9.17, 15) is 0 Å². The Morgan fingerprint density at radius 1 is 0.870 bits per heavy atom. The predicted molar refractivity (Wildman–Crippen MR) is 105 cm³/mol. The number of fused-ring (bicyclic) bond motifs is 1. The molecule has 1 heterocycles. The maximum atomic E-state index is 4.00. The lowest BCUT2D eigenvalue weighted by Crippen LogP contribution is -1.96. The molecule has 2 aromatic carbocycles. The zero-order valence-corrected chi connectivity index (χ0v) is 15.1. The highest BCUT2D eigenvalue weighted by atomic mass is 15.0. The largest absolute Gasteiger partial charge is 0.310 e. The molecule has 0 aliphatic heterocycles. The van der Waals surface area contributed by atoms with Crippen LogP contribution in [0.25, 0.3) is 22.7 Å². The third-order valence-electron chi connectivity index (χ3n) is 3.58. The summed E-state index contributed by atoms with van der Waals surface area (Å²) >= 11 is 0. The fourth-order valence-electron chi connectivity index (χ4n) is 2.77. The van der Waals surface area contributed by atoms with Crippen molar-refractivity contribution in [1.82, 2.24) is 4.57 Å². The highest BCUT2D eigenvalue weighted by molar-refractivity contribution is 5.89. The molecule has 1 nitrogen and oxygen atoms in total. The summed E-state index contributed by atoms with van der Waals surface area (Å²) in [6.07, 6.45) is 2.98. The summed E-state index contributed by atoms with van der Waals surface area (Å²) in [7, 11) is 0. The predicted octanol–water partition coefficient (Wildman–Crippen LogP) is 6.89. The van der Waals surface area contributed by atoms with E-state index in [2.05, 4.69) is 66.6 Å². The van der Waals surface area contributed by atoms with E-state index in [1.165, 1.54) is 27.8 Å². The van der Waals surface area contributed by atoms with Gasteiger partial charge in [-0.2, -0.15) is 0 Å². The first-order valence-corrected chi connectivity index (χ1v) is 8.67. The number of benzene rings is 2. The Hall–Kier alpha value is -2.28. The quantitative estimate of drug-likeness (QED) is 0.496. The van der Waals surface area contributed by atoms with E-state index in [1.807, 2.05) is 39.8 Å². The minimum Gasteiger partial charge on any atom is -0.310 e. The molecule has 0 atom stereocenters. The summed E-state index contributed by atoms with van der Waals surface area (Å²) in [6.45, 7) is 14.2. The van der Waals surface area contributed by atoms with E-state index in [0.29, 0.717) is 0 Å². The Labute approximate surface area is 141 Å². The first-order valence-electron chi connectivity index (χ1n) is 8.67. The molecule has 122 valence electrons. The smallest absolute Gasteiger partial charge is 0.0537 e. The Kier molecular flexibility index (Phi) is 7.90. The second-order valence-electron chi connectivity index (χ2n) is 4.61. The molecule has 0 spiro atoms. The van der Waals surface area contributed by atoms with Gasteiger partial charge in [-0.1, -0.05) is 77.6 Å². The molecule has 0 aliphatic rings. The van der Waals surface area contributed by atoms with Gasteiger partial charge in [-0.05, 0) is 36.3 Å². The molecule has 0 fully saturated rings. The SMILES string of the molecule is C=Cc1c(CC)c2ccccc2n1-c1ccccc1.CC.CC. The summed E-state index contributed by atoms with van der Waals surface area (Å²) in [6, 6.07) is 19.0. The lowest BCUT2D eigenvalue weighted by Gasteiger charge is -2.08. The number of aromatic nitrogens is 1. The van der Waals surface area contributed by atoms with Crippen LogP contribution in [0.1, 0.15) is 45.9 Å². The number of rotatable bonds is 3. The van der Waals surface area contributed by atoms with Crippen molar-refractivity contribution in [3.05, 3.63) is 72.4 Å². The summed E-state index contributed by atoms with van der Waals surface area (Å²) in [5.41, 5.74) is 5.01. The lowest BCUT2D eigenvalue weighted by molar-refractivity contribution is 1.06. The van der Waals surface area contributed by atoms with Crippen LogP contribution in [0.4, 0.5) is 0 Å². The van der Waals surface area contributed by atoms with Gasteiger partial charge in [-0.3, -0.25) is 0 Å². The Morgan fingerprint density at radius 3 is 2.00 bits per heavy atom. The van der Waals surface area contributed by atoms with Crippen LogP contribution in [0.15, 0.2) is 61.2 Å². The van der Waals surface area contributed by atoms with Gasteiger partial charge in [0.25, 0.3) is 0 Å². The third kappa shape index (κ3) is 3.73. The molecule has 3 aromatic rings. The number of hydrogen-bond acceptors (Lipinski definition) is 0. The summed E-state index contributed by atoms with van der Waals surface area (Å²) in [4.78, 5) is 0.